The number of fused-ring (bicyclic) bond motifs is 1. The van der Waals surface area contributed by atoms with Crippen molar-refractivity contribution in [2.75, 3.05) is 20.8 Å². The third kappa shape index (κ3) is 6.40. The maximum Gasteiger partial charge on any atom is 0.343 e. The van der Waals surface area contributed by atoms with Gasteiger partial charge in [-0.25, -0.2) is 4.79 Å². The summed E-state index contributed by atoms with van der Waals surface area (Å²) in [5, 5.41) is 2.19. The average Bonchev–Trinajstić information content (AvgIpc) is 3.28. The molecule has 3 aromatic rings. The van der Waals surface area contributed by atoms with Gasteiger partial charge in [0.2, 0.25) is 17.4 Å². The molecule has 2 amide bonds. The van der Waals surface area contributed by atoms with E-state index in [4.69, 9.17) is 46.9 Å². The summed E-state index contributed by atoms with van der Waals surface area (Å²) in [5.74, 6) is 1.01. The number of imide groups is 1. The minimum Gasteiger partial charge on any atom is -0.490 e. The van der Waals surface area contributed by atoms with E-state index in [2.05, 4.69) is 5.32 Å². The molecule has 2 aliphatic rings. The fourth-order valence-corrected chi connectivity index (χ4v) is 6.25. The first-order valence-electron chi connectivity index (χ1n) is 13.0. The zero-order valence-corrected chi connectivity index (χ0v) is 25.3. The predicted octanol–water partition coefficient (Wildman–Crippen LogP) is 6.20. The molecule has 0 aliphatic carbocycles. The van der Waals surface area contributed by atoms with E-state index in [1.807, 2.05) is 31.2 Å². The van der Waals surface area contributed by atoms with Crippen LogP contribution in [0.1, 0.15) is 33.5 Å². The molecule has 0 bridgehead atoms. The zero-order valence-electron chi connectivity index (χ0n) is 23.0. The summed E-state index contributed by atoms with van der Waals surface area (Å²) in [6.07, 6.45) is 1.46. The van der Waals surface area contributed by atoms with Crippen LogP contribution in [0, 0.1) is 6.92 Å². The van der Waals surface area contributed by atoms with Gasteiger partial charge in [-0.2, -0.15) is 0 Å². The summed E-state index contributed by atoms with van der Waals surface area (Å²) in [4.78, 5) is 36.2. The first-order valence-corrected chi connectivity index (χ1v) is 14.7. The Kier molecular flexibility index (Phi) is 9.05. The molecule has 1 fully saturated rings. The highest BCUT2D eigenvalue weighted by atomic mass is 35.5. The molecule has 0 saturated carbocycles. The molecule has 3 aromatic carbocycles. The second kappa shape index (κ2) is 12.7. The number of hydrogen-bond acceptors (Lipinski definition) is 9. The molecule has 0 aromatic heterocycles. The van der Waals surface area contributed by atoms with Crippen molar-refractivity contribution < 1.29 is 38.1 Å². The van der Waals surface area contributed by atoms with Crippen LogP contribution < -0.4 is 29.0 Å². The van der Waals surface area contributed by atoms with E-state index < -0.39 is 11.2 Å². The van der Waals surface area contributed by atoms with Crippen LogP contribution >= 0.6 is 35.0 Å². The minimum atomic E-state index is -0.643. The number of amides is 2. The van der Waals surface area contributed by atoms with Gasteiger partial charge in [-0.1, -0.05) is 47.1 Å². The lowest BCUT2D eigenvalue weighted by Crippen LogP contribution is -2.30. The number of carbonyl (C=O) groups excluding carboxylic acids is 3. The van der Waals surface area contributed by atoms with Gasteiger partial charge in [0.25, 0.3) is 5.24 Å². The van der Waals surface area contributed by atoms with Crippen molar-refractivity contribution in [2.24, 2.45) is 0 Å². The fraction of sp³-hybridized carbons (Fsp3) is 0.300. The Labute approximate surface area is 256 Å². The third-order valence-electron chi connectivity index (χ3n) is 6.94. The monoisotopic (exact) mass is 631 g/mol. The Morgan fingerprint density at radius 3 is 2.33 bits per heavy atom. The van der Waals surface area contributed by atoms with Crippen molar-refractivity contribution in [3.05, 3.63) is 74.8 Å². The van der Waals surface area contributed by atoms with Crippen LogP contribution in [0.3, 0.4) is 0 Å². The molecule has 1 N–H and O–H groups in total. The molecule has 220 valence electrons. The number of esters is 1. The number of nitrogens with one attached hydrogen (secondary N) is 1. The molecular formula is C30H27Cl2NO8S. The largest absolute Gasteiger partial charge is 0.490 e. The van der Waals surface area contributed by atoms with Gasteiger partial charge in [-0.05, 0) is 62.1 Å². The zero-order chi connectivity index (χ0) is 30.0. The molecule has 0 radical (unpaired) electrons. The van der Waals surface area contributed by atoms with Gasteiger partial charge in [0.15, 0.2) is 11.5 Å². The van der Waals surface area contributed by atoms with E-state index in [0.29, 0.717) is 52.1 Å². The normalized spacial score (nSPS) is 17.6. The van der Waals surface area contributed by atoms with E-state index >= 15 is 0 Å². The number of hydrogen-bond donors (Lipinski definition) is 1. The van der Waals surface area contributed by atoms with Crippen LogP contribution in [0.5, 0.6) is 28.7 Å². The molecular weight excluding hydrogens is 605 g/mol. The highest BCUT2D eigenvalue weighted by Crippen LogP contribution is 2.51. The lowest BCUT2D eigenvalue weighted by atomic mass is 9.96. The Hall–Kier alpha value is -3.60. The second-order valence-electron chi connectivity index (χ2n) is 9.70. The number of carbonyl (C=O) groups is 3. The maximum atomic E-state index is 13.0. The van der Waals surface area contributed by atoms with Crippen LogP contribution in [0.25, 0.3) is 0 Å². The van der Waals surface area contributed by atoms with E-state index in [-0.39, 0.29) is 40.9 Å². The number of methoxy groups -OCH3 is 2. The van der Waals surface area contributed by atoms with Crippen molar-refractivity contribution in [2.45, 2.75) is 37.5 Å². The number of ether oxygens (including phenoxy) is 5. The first-order chi connectivity index (χ1) is 20.2. The Balaban J connectivity index is 1.28. The quantitative estimate of drug-likeness (QED) is 0.218. The van der Waals surface area contributed by atoms with E-state index in [9.17, 15) is 14.4 Å². The Bertz CT molecular complexity index is 1530. The summed E-state index contributed by atoms with van der Waals surface area (Å²) in [5.41, 5.74) is 2.65. The fourth-order valence-electron chi connectivity index (χ4n) is 4.86. The highest BCUT2D eigenvalue weighted by molar-refractivity contribution is 8.15. The smallest absolute Gasteiger partial charge is 0.343 e. The molecule has 2 unspecified atom stereocenters. The number of benzene rings is 3. The predicted molar refractivity (Wildman–Crippen MR) is 159 cm³/mol. The highest BCUT2D eigenvalue weighted by Gasteiger charge is 2.33. The van der Waals surface area contributed by atoms with Crippen molar-refractivity contribution in [1.82, 2.24) is 5.32 Å². The van der Waals surface area contributed by atoms with E-state index in [0.717, 1.165) is 22.9 Å². The van der Waals surface area contributed by atoms with Crippen LogP contribution in [0.2, 0.25) is 10.0 Å². The van der Waals surface area contributed by atoms with Crippen molar-refractivity contribution >= 4 is 52.1 Å². The van der Waals surface area contributed by atoms with E-state index in [1.54, 1.807) is 0 Å². The summed E-state index contributed by atoms with van der Waals surface area (Å²) >= 11 is 13.1. The summed E-state index contributed by atoms with van der Waals surface area (Å²) in [6.45, 7) is 2.12. The van der Waals surface area contributed by atoms with Crippen molar-refractivity contribution in [1.29, 1.82) is 0 Å². The maximum absolute atomic E-state index is 13.0. The Morgan fingerprint density at radius 1 is 1.02 bits per heavy atom. The number of thioether (sulfide) groups is 1. The third-order valence-corrected chi connectivity index (χ3v) is 8.35. The lowest BCUT2D eigenvalue weighted by molar-refractivity contribution is -0.118. The molecule has 5 rings (SSSR count). The van der Waals surface area contributed by atoms with Crippen LogP contribution in [-0.4, -0.2) is 49.3 Å². The minimum absolute atomic E-state index is 0.199. The summed E-state index contributed by atoms with van der Waals surface area (Å²) < 4.78 is 29.4. The summed E-state index contributed by atoms with van der Waals surface area (Å²) in [7, 11) is 2.95. The van der Waals surface area contributed by atoms with Crippen LogP contribution in [0.4, 0.5) is 4.79 Å². The standard InChI is InChI=1S/C30H27Cl2NO8S/c1-15-22-9-8-21(14-39-20-6-4-16(5-7-20)10-23-28(34)33-30(36)42-23)40-25(22)27(38-3)26(37-2)24(15)41-29(35)17-11-18(31)13-19(32)12-17/h4-7,11-13,21,23H,8-10,14H2,1-3H3,(H,33,34,36). The van der Waals surface area contributed by atoms with Gasteiger partial charge < -0.3 is 23.7 Å². The average molecular weight is 633 g/mol. The first kappa shape index (κ1) is 29.9. The lowest BCUT2D eigenvalue weighted by Gasteiger charge is -2.30. The second-order valence-corrected chi connectivity index (χ2v) is 11.7. The van der Waals surface area contributed by atoms with Crippen molar-refractivity contribution in [3.8, 4) is 28.7 Å². The van der Waals surface area contributed by atoms with Gasteiger partial charge in [0.1, 0.15) is 18.5 Å². The molecule has 12 heteroatoms. The van der Waals surface area contributed by atoms with Gasteiger partial charge in [-0.15, -0.1) is 0 Å². The molecule has 1 saturated heterocycles. The van der Waals surface area contributed by atoms with Crippen LogP contribution in [-0.2, 0) is 17.6 Å². The summed E-state index contributed by atoms with van der Waals surface area (Å²) in [6, 6.07) is 11.9. The number of halogens is 2. The molecule has 9 nitrogen and oxygen atoms in total. The topological polar surface area (TPSA) is 109 Å². The molecule has 2 heterocycles. The molecule has 2 aliphatic heterocycles. The molecule has 0 spiro atoms. The molecule has 42 heavy (non-hydrogen) atoms. The number of rotatable bonds is 9. The van der Waals surface area contributed by atoms with Crippen molar-refractivity contribution in [3.63, 3.8) is 0 Å². The SMILES string of the molecule is COc1c(OC(=O)c2cc(Cl)cc(Cl)c2)c(C)c2c(c1OC)OC(COc1ccc(CC3SC(=O)NC3=O)cc1)CC2. The van der Waals surface area contributed by atoms with Gasteiger partial charge in [-0.3, -0.25) is 14.9 Å². The van der Waals surface area contributed by atoms with Gasteiger partial charge in [0.05, 0.1) is 25.0 Å². The van der Waals surface area contributed by atoms with Gasteiger partial charge in [0, 0.05) is 21.2 Å². The Morgan fingerprint density at radius 2 is 1.71 bits per heavy atom. The van der Waals surface area contributed by atoms with E-state index in [1.165, 1.54) is 32.4 Å². The van der Waals surface area contributed by atoms with Gasteiger partial charge >= 0.3 is 5.97 Å². The molecule has 2 atom stereocenters. The van der Waals surface area contributed by atoms with Crippen LogP contribution in [0.15, 0.2) is 42.5 Å².